The SMILES string of the molecule is CC(C)OC1CCC(C)(N2CCC(n3c(=O)oc4ccc(S(C)(=O)=O)cc43)CC2)CC1.Cl. The van der Waals surface area contributed by atoms with E-state index in [4.69, 9.17) is 9.15 Å². The number of halogens is 1. The lowest BCUT2D eigenvalue weighted by molar-refractivity contribution is -0.0520. The van der Waals surface area contributed by atoms with Gasteiger partial charge in [-0.15, -0.1) is 12.4 Å². The van der Waals surface area contributed by atoms with E-state index in [1.807, 2.05) is 0 Å². The van der Waals surface area contributed by atoms with Crippen molar-refractivity contribution in [2.75, 3.05) is 19.3 Å². The van der Waals surface area contributed by atoms with Gasteiger partial charge in [0.1, 0.15) is 0 Å². The number of ether oxygens (including phenoxy) is 1. The van der Waals surface area contributed by atoms with Gasteiger partial charge in [-0.2, -0.15) is 0 Å². The number of benzene rings is 1. The Balaban J connectivity index is 0.00000289. The summed E-state index contributed by atoms with van der Waals surface area (Å²) >= 11 is 0. The van der Waals surface area contributed by atoms with E-state index >= 15 is 0 Å². The fourth-order valence-electron chi connectivity index (χ4n) is 5.30. The summed E-state index contributed by atoms with van der Waals surface area (Å²) in [7, 11) is -3.35. The van der Waals surface area contributed by atoms with Gasteiger partial charge in [-0.25, -0.2) is 13.2 Å². The zero-order valence-electron chi connectivity index (χ0n) is 19.4. The van der Waals surface area contributed by atoms with Gasteiger partial charge in [-0.1, -0.05) is 0 Å². The highest BCUT2D eigenvalue weighted by Gasteiger charge is 2.39. The monoisotopic (exact) mass is 486 g/mol. The van der Waals surface area contributed by atoms with Crippen LogP contribution in [-0.4, -0.2) is 55.0 Å². The molecule has 0 atom stereocenters. The third-order valence-corrected chi connectivity index (χ3v) is 8.19. The molecule has 2 aliphatic rings. The number of piperidine rings is 1. The first-order valence-corrected chi connectivity index (χ1v) is 13.2. The van der Waals surface area contributed by atoms with Crippen LogP contribution in [-0.2, 0) is 14.6 Å². The van der Waals surface area contributed by atoms with Crippen molar-refractivity contribution in [1.82, 2.24) is 9.47 Å². The topological polar surface area (TPSA) is 81.8 Å². The molecule has 32 heavy (non-hydrogen) atoms. The quantitative estimate of drug-likeness (QED) is 0.630. The van der Waals surface area contributed by atoms with E-state index in [1.54, 1.807) is 16.7 Å². The van der Waals surface area contributed by atoms with Crippen molar-refractivity contribution in [2.45, 2.75) is 88.0 Å². The van der Waals surface area contributed by atoms with E-state index in [-0.39, 0.29) is 35.0 Å². The van der Waals surface area contributed by atoms with E-state index in [2.05, 4.69) is 25.7 Å². The van der Waals surface area contributed by atoms with Gasteiger partial charge in [0.05, 0.1) is 22.6 Å². The maximum absolute atomic E-state index is 12.6. The van der Waals surface area contributed by atoms with Crippen molar-refractivity contribution >= 4 is 33.3 Å². The molecular weight excluding hydrogens is 452 g/mol. The normalized spacial score (nSPS) is 25.8. The minimum Gasteiger partial charge on any atom is -0.408 e. The molecule has 180 valence electrons. The van der Waals surface area contributed by atoms with Crippen LogP contribution in [0.4, 0.5) is 0 Å². The van der Waals surface area contributed by atoms with Crippen LogP contribution in [0, 0.1) is 0 Å². The second-order valence-electron chi connectivity index (χ2n) is 9.74. The van der Waals surface area contributed by atoms with Crippen LogP contribution < -0.4 is 5.76 Å². The number of oxazole rings is 1. The second kappa shape index (κ2) is 9.49. The molecule has 4 rings (SSSR count). The number of hydrogen-bond acceptors (Lipinski definition) is 6. The molecule has 0 bridgehead atoms. The molecule has 1 aromatic heterocycles. The molecule has 0 radical (unpaired) electrons. The van der Waals surface area contributed by atoms with Gasteiger partial charge in [0, 0.05) is 30.9 Å². The number of fused-ring (bicyclic) bond motifs is 1. The van der Waals surface area contributed by atoms with Crippen LogP contribution in [0.15, 0.2) is 32.3 Å². The van der Waals surface area contributed by atoms with Crippen molar-refractivity contribution in [2.24, 2.45) is 0 Å². The minimum atomic E-state index is -3.35. The summed E-state index contributed by atoms with van der Waals surface area (Å²) < 4.78 is 37.0. The number of aromatic nitrogens is 1. The predicted octanol–water partition coefficient (Wildman–Crippen LogP) is 4.18. The molecule has 2 heterocycles. The average molecular weight is 487 g/mol. The summed E-state index contributed by atoms with van der Waals surface area (Å²) in [5.74, 6) is -0.406. The van der Waals surface area contributed by atoms with Crippen molar-refractivity contribution in [3.63, 3.8) is 0 Å². The summed E-state index contributed by atoms with van der Waals surface area (Å²) in [6.45, 7) is 8.39. The Morgan fingerprint density at radius 1 is 1.12 bits per heavy atom. The third-order valence-electron chi connectivity index (χ3n) is 7.08. The molecule has 2 fully saturated rings. The Morgan fingerprint density at radius 3 is 2.31 bits per heavy atom. The van der Waals surface area contributed by atoms with Crippen LogP contribution in [0.5, 0.6) is 0 Å². The van der Waals surface area contributed by atoms with Gasteiger partial charge >= 0.3 is 5.76 Å². The highest BCUT2D eigenvalue weighted by atomic mass is 35.5. The van der Waals surface area contributed by atoms with Gasteiger partial charge in [0.25, 0.3) is 0 Å². The lowest BCUT2D eigenvalue weighted by atomic mass is 9.79. The highest BCUT2D eigenvalue weighted by molar-refractivity contribution is 7.90. The first-order valence-electron chi connectivity index (χ1n) is 11.3. The number of likely N-dealkylation sites (tertiary alicyclic amines) is 1. The van der Waals surface area contributed by atoms with Crippen LogP contribution in [0.1, 0.15) is 65.3 Å². The Labute approximate surface area is 196 Å². The molecule has 7 nitrogen and oxygen atoms in total. The summed E-state index contributed by atoms with van der Waals surface area (Å²) in [6.07, 6.45) is 7.95. The predicted molar refractivity (Wildman–Crippen MR) is 128 cm³/mol. The maximum atomic E-state index is 12.6. The standard InChI is InChI=1S/C23H34N2O5S.ClH/c1-16(2)29-18-7-11-23(3,12-8-18)24-13-9-17(10-14-24)25-20-15-19(31(4,27)28)5-6-21(20)30-22(25)26;/h5-6,15-18H,7-14H2,1-4H3;1H. The van der Waals surface area contributed by atoms with Crippen molar-refractivity contribution < 1.29 is 17.6 Å². The lowest BCUT2D eigenvalue weighted by Crippen LogP contribution is -2.53. The van der Waals surface area contributed by atoms with Gasteiger partial charge in [-0.05, 0) is 77.5 Å². The van der Waals surface area contributed by atoms with Crippen LogP contribution in [0.2, 0.25) is 0 Å². The zero-order chi connectivity index (χ0) is 22.4. The van der Waals surface area contributed by atoms with E-state index < -0.39 is 15.6 Å². The first kappa shape index (κ1) is 25.3. The zero-order valence-corrected chi connectivity index (χ0v) is 21.0. The fraction of sp³-hybridized carbons (Fsp3) is 0.696. The van der Waals surface area contributed by atoms with Gasteiger partial charge in [0.15, 0.2) is 15.4 Å². The van der Waals surface area contributed by atoms with E-state index in [0.29, 0.717) is 17.2 Å². The number of sulfone groups is 1. The third kappa shape index (κ3) is 5.08. The summed E-state index contributed by atoms with van der Waals surface area (Å²) in [5.41, 5.74) is 1.19. The number of nitrogens with zero attached hydrogens (tertiary/aromatic N) is 2. The molecule has 2 aromatic rings. The minimum absolute atomic E-state index is 0. The van der Waals surface area contributed by atoms with Crippen molar-refractivity contribution in [3.8, 4) is 0 Å². The first-order chi connectivity index (χ1) is 14.6. The molecule has 1 aliphatic heterocycles. The summed E-state index contributed by atoms with van der Waals surface area (Å²) in [6, 6.07) is 4.66. The molecular formula is C23H35ClN2O5S. The maximum Gasteiger partial charge on any atom is 0.420 e. The molecule has 0 N–H and O–H groups in total. The number of rotatable bonds is 5. The smallest absolute Gasteiger partial charge is 0.408 e. The molecule has 0 amide bonds. The Morgan fingerprint density at radius 2 is 1.75 bits per heavy atom. The van der Waals surface area contributed by atoms with Crippen LogP contribution in [0.3, 0.4) is 0 Å². The second-order valence-corrected chi connectivity index (χ2v) is 11.8. The van der Waals surface area contributed by atoms with Crippen LogP contribution >= 0.6 is 12.4 Å². The fourth-order valence-corrected chi connectivity index (χ4v) is 5.95. The summed E-state index contributed by atoms with van der Waals surface area (Å²) in [5, 5.41) is 0. The van der Waals surface area contributed by atoms with E-state index in [0.717, 1.165) is 51.6 Å². The Bertz CT molecular complexity index is 1090. The molecule has 1 aliphatic carbocycles. The summed E-state index contributed by atoms with van der Waals surface area (Å²) in [4.78, 5) is 15.4. The Kier molecular flexibility index (Phi) is 7.49. The van der Waals surface area contributed by atoms with E-state index in [9.17, 15) is 13.2 Å². The number of hydrogen-bond donors (Lipinski definition) is 0. The van der Waals surface area contributed by atoms with Gasteiger partial charge < -0.3 is 9.15 Å². The molecule has 0 spiro atoms. The Hall–Kier alpha value is -1.35. The van der Waals surface area contributed by atoms with E-state index in [1.165, 1.54) is 12.3 Å². The molecule has 9 heteroatoms. The van der Waals surface area contributed by atoms with Gasteiger partial charge in [0.2, 0.25) is 0 Å². The van der Waals surface area contributed by atoms with Crippen LogP contribution in [0.25, 0.3) is 11.1 Å². The average Bonchev–Trinajstić information content (AvgIpc) is 3.04. The van der Waals surface area contributed by atoms with Crippen molar-refractivity contribution in [3.05, 3.63) is 28.7 Å². The van der Waals surface area contributed by atoms with Crippen molar-refractivity contribution in [1.29, 1.82) is 0 Å². The van der Waals surface area contributed by atoms with Gasteiger partial charge in [-0.3, -0.25) is 9.47 Å². The largest absolute Gasteiger partial charge is 0.420 e. The lowest BCUT2D eigenvalue weighted by Gasteiger charge is -2.48. The molecule has 1 aromatic carbocycles. The molecule has 1 saturated carbocycles. The highest BCUT2D eigenvalue weighted by Crippen LogP contribution is 2.38. The molecule has 0 unspecified atom stereocenters. The molecule has 1 saturated heterocycles.